The number of rotatable bonds is 3. The van der Waals surface area contributed by atoms with Crippen LogP contribution in [0.5, 0.6) is 0 Å². The third-order valence-corrected chi connectivity index (χ3v) is 4.18. The Kier molecular flexibility index (Phi) is 10.3. The first-order valence-electron chi connectivity index (χ1n) is 8.99. The number of hydrogen-bond donors (Lipinski definition) is 0. The summed E-state index contributed by atoms with van der Waals surface area (Å²) in [6.07, 6.45) is 1.19. The molecule has 0 amide bonds. The van der Waals surface area contributed by atoms with Gasteiger partial charge in [0.25, 0.3) is 0 Å². The molecule has 0 unspecified atom stereocenters. The molecule has 2 aromatic carbocycles. The molecule has 128 valence electrons. The third kappa shape index (κ3) is 8.02. The van der Waals surface area contributed by atoms with Gasteiger partial charge in [-0.2, -0.15) is 0 Å². The second kappa shape index (κ2) is 11.0. The number of hydrogen-bond acceptors (Lipinski definition) is 0. The quantitative estimate of drug-likeness (QED) is 0.549. The van der Waals surface area contributed by atoms with Gasteiger partial charge in [0, 0.05) is 0 Å². The second-order valence-electron chi connectivity index (χ2n) is 6.67. The Morgan fingerprint density at radius 3 is 1.70 bits per heavy atom. The molecular formula is C23H36. The van der Waals surface area contributed by atoms with Crippen molar-refractivity contribution in [2.75, 3.05) is 0 Å². The van der Waals surface area contributed by atoms with Crippen molar-refractivity contribution in [2.45, 2.75) is 73.1 Å². The van der Waals surface area contributed by atoms with E-state index in [4.69, 9.17) is 0 Å². The van der Waals surface area contributed by atoms with Crippen LogP contribution in [0.1, 0.15) is 77.5 Å². The summed E-state index contributed by atoms with van der Waals surface area (Å²) in [5.74, 6) is 0.653. The van der Waals surface area contributed by atoms with Crippen molar-refractivity contribution in [1.82, 2.24) is 0 Å². The first-order valence-corrected chi connectivity index (χ1v) is 8.99. The Bertz CT molecular complexity index is 503. The Morgan fingerprint density at radius 1 is 0.826 bits per heavy atom. The minimum Gasteiger partial charge on any atom is -0.0683 e. The van der Waals surface area contributed by atoms with Crippen molar-refractivity contribution in [3.63, 3.8) is 0 Å². The Labute approximate surface area is 145 Å². The van der Waals surface area contributed by atoms with E-state index in [1.165, 1.54) is 23.1 Å². The van der Waals surface area contributed by atoms with Crippen molar-refractivity contribution >= 4 is 0 Å². The van der Waals surface area contributed by atoms with E-state index < -0.39 is 0 Å². The van der Waals surface area contributed by atoms with Gasteiger partial charge in [-0.1, -0.05) is 109 Å². The molecule has 0 spiro atoms. The predicted molar refractivity (Wildman–Crippen MR) is 106 cm³/mol. The molecule has 0 aliphatic rings. The third-order valence-electron chi connectivity index (χ3n) is 4.18. The van der Waals surface area contributed by atoms with Gasteiger partial charge in [-0.3, -0.25) is 0 Å². The Morgan fingerprint density at radius 2 is 1.30 bits per heavy atom. The van der Waals surface area contributed by atoms with Crippen LogP contribution in [-0.2, 0) is 5.41 Å². The fraction of sp³-hybridized carbons (Fsp3) is 0.478. The van der Waals surface area contributed by atoms with Gasteiger partial charge in [0.15, 0.2) is 0 Å². The van der Waals surface area contributed by atoms with E-state index >= 15 is 0 Å². The van der Waals surface area contributed by atoms with Crippen LogP contribution in [0, 0.1) is 6.92 Å². The molecule has 0 aliphatic carbocycles. The van der Waals surface area contributed by atoms with E-state index in [1.54, 1.807) is 0 Å². The van der Waals surface area contributed by atoms with Crippen LogP contribution in [0.3, 0.4) is 0 Å². The highest BCUT2D eigenvalue weighted by Crippen LogP contribution is 2.25. The second-order valence-corrected chi connectivity index (χ2v) is 6.67. The van der Waals surface area contributed by atoms with Crippen LogP contribution < -0.4 is 0 Å². The Balaban J connectivity index is 0.000000381. The standard InChI is InChI=1S/C11H16.C10H14.C2H6/c1-4-11(2,3)10-8-6-5-7-9-10;1-8(2)10-6-4-9(3)5-7-10;1-2/h5-9H,4H2,1-3H3;4-8H,1-3H3;1-2H3. The molecule has 0 bridgehead atoms. The van der Waals surface area contributed by atoms with Crippen molar-refractivity contribution in [3.8, 4) is 0 Å². The fourth-order valence-corrected chi connectivity index (χ4v) is 2.04. The summed E-state index contributed by atoms with van der Waals surface area (Å²) >= 11 is 0. The maximum Gasteiger partial charge on any atom is -0.0106 e. The minimum absolute atomic E-state index is 0.335. The molecule has 23 heavy (non-hydrogen) atoms. The summed E-state index contributed by atoms with van der Waals surface area (Å²) in [5, 5.41) is 0. The van der Waals surface area contributed by atoms with E-state index in [0.29, 0.717) is 11.3 Å². The SMILES string of the molecule is CC.CCC(C)(C)c1ccccc1.Cc1ccc(C(C)C)cc1. The first-order chi connectivity index (χ1) is 10.9. The van der Waals surface area contributed by atoms with Crippen LogP contribution in [0.25, 0.3) is 0 Å². The van der Waals surface area contributed by atoms with E-state index in [2.05, 4.69) is 96.1 Å². The van der Waals surface area contributed by atoms with E-state index in [1.807, 2.05) is 13.8 Å². The zero-order chi connectivity index (χ0) is 17.9. The average molecular weight is 313 g/mol. The Hall–Kier alpha value is -1.56. The molecule has 0 aromatic heterocycles. The maximum absolute atomic E-state index is 2.28. The molecule has 0 saturated carbocycles. The maximum atomic E-state index is 2.28. The topological polar surface area (TPSA) is 0 Å². The van der Waals surface area contributed by atoms with Gasteiger partial charge in [-0.05, 0) is 35.8 Å². The molecule has 0 radical (unpaired) electrons. The lowest BCUT2D eigenvalue weighted by Gasteiger charge is -2.22. The first kappa shape index (κ1) is 21.4. The van der Waals surface area contributed by atoms with Crippen LogP contribution in [0.2, 0.25) is 0 Å². The average Bonchev–Trinajstić information content (AvgIpc) is 2.58. The van der Waals surface area contributed by atoms with Crippen molar-refractivity contribution < 1.29 is 0 Å². The van der Waals surface area contributed by atoms with Gasteiger partial charge in [0.2, 0.25) is 0 Å². The van der Waals surface area contributed by atoms with E-state index in [0.717, 1.165) is 0 Å². The smallest absolute Gasteiger partial charge is 0.0106 e. The summed E-state index contributed by atoms with van der Waals surface area (Å²) in [6.45, 7) is 17.3. The van der Waals surface area contributed by atoms with Gasteiger partial charge in [0.1, 0.15) is 0 Å². The molecule has 0 atom stereocenters. The molecule has 2 aromatic rings. The lowest BCUT2D eigenvalue weighted by molar-refractivity contribution is 0.506. The largest absolute Gasteiger partial charge is 0.0683 e. The van der Waals surface area contributed by atoms with Crippen LogP contribution >= 0.6 is 0 Å². The molecule has 0 aliphatic heterocycles. The van der Waals surface area contributed by atoms with E-state index in [-0.39, 0.29) is 0 Å². The summed E-state index contributed by atoms with van der Waals surface area (Å²) in [6, 6.07) is 19.4. The lowest BCUT2D eigenvalue weighted by atomic mass is 9.82. The van der Waals surface area contributed by atoms with Gasteiger partial charge in [-0.25, -0.2) is 0 Å². The molecule has 0 heteroatoms. The molecule has 0 nitrogen and oxygen atoms in total. The van der Waals surface area contributed by atoms with Crippen molar-refractivity contribution in [2.24, 2.45) is 0 Å². The molecule has 2 rings (SSSR count). The van der Waals surface area contributed by atoms with Gasteiger partial charge in [0.05, 0.1) is 0 Å². The normalized spacial score (nSPS) is 10.3. The minimum atomic E-state index is 0.335. The van der Waals surface area contributed by atoms with Gasteiger partial charge >= 0.3 is 0 Å². The van der Waals surface area contributed by atoms with Gasteiger partial charge in [-0.15, -0.1) is 0 Å². The highest BCUT2D eigenvalue weighted by molar-refractivity contribution is 5.23. The molecule has 0 N–H and O–H groups in total. The monoisotopic (exact) mass is 312 g/mol. The van der Waals surface area contributed by atoms with E-state index in [9.17, 15) is 0 Å². The highest BCUT2D eigenvalue weighted by Gasteiger charge is 2.16. The molecule has 0 saturated heterocycles. The molecular weight excluding hydrogens is 276 g/mol. The molecule has 0 fully saturated rings. The van der Waals surface area contributed by atoms with Crippen LogP contribution in [-0.4, -0.2) is 0 Å². The van der Waals surface area contributed by atoms with Crippen molar-refractivity contribution in [3.05, 3.63) is 71.3 Å². The predicted octanol–water partition coefficient (Wildman–Crippen LogP) is 7.52. The van der Waals surface area contributed by atoms with Crippen molar-refractivity contribution in [1.29, 1.82) is 0 Å². The molecule has 0 heterocycles. The zero-order valence-electron chi connectivity index (χ0n) is 16.5. The highest BCUT2D eigenvalue weighted by atomic mass is 14.2. The van der Waals surface area contributed by atoms with Gasteiger partial charge < -0.3 is 0 Å². The summed E-state index contributed by atoms with van der Waals surface area (Å²) in [7, 11) is 0. The lowest BCUT2D eigenvalue weighted by Crippen LogP contribution is -2.14. The zero-order valence-corrected chi connectivity index (χ0v) is 16.5. The van der Waals surface area contributed by atoms with Crippen LogP contribution in [0.15, 0.2) is 54.6 Å². The summed E-state index contributed by atoms with van der Waals surface area (Å²) < 4.78 is 0. The van der Waals surface area contributed by atoms with Crippen LogP contribution in [0.4, 0.5) is 0 Å². The fourth-order valence-electron chi connectivity index (χ4n) is 2.04. The summed E-state index contributed by atoms with van der Waals surface area (Å²) in [5.41, 5.74) is 4.53. The number of aryl methyl sites for hydroxylation is 1. The number of benzene rings is 2. The summed E-state index contributed by atoms with van der Waals surface area (Å²) in [4.78, 5) is 0.